The van der Waals surface area contributed by atoms with Crippen molar-refractivity contribution < 1.29 is 9.15 Å². The number of fused-ring (bicyclic) bond motifs is 2. The molecule has 0 N–H and O–H groups in total. The topological polar surface area (TPSA) is 12.5 Å². The molecule has 0 fully saturated rings. The molecule has 0 radical (unpaired) electrons. The lowest BCUT2D eigenvalue weighted by Crippen LogP contribution is -2.21. The molecule has 0 spiro atoms. The second-order valence-corrected chi connectivity index (χ2v) is 11.6. The van der Waals surface area contributed by atoms with E-state index in [2.05, 4.69) is 145 Å². The number of nitrogens with zero attached hydrogens (tertiary/aromatic N) is 4. The monoisotopic (exact) mass is 588 g/mol. The number of benzene rings is 4. The van der Waals surface area contributed by atoms with Crippen LogP contribution in [-0.4, -0.2) is 48.8 Å². The van der Waals surface area contributed by atoms with Crippen molar-refractivity contribution in [2.75, 3.05) is 38.0 Å². The third-order valence-electron chi connectivity index (χ3n) is 8.57. The minimum absolute atomic E-state index is 0.885. The van der Waals surface area contributed by atoms with Crippen LogP contribution in [0, 0.1) is 6.92 Å². The minimum Gasteiger partial charge on any atom is -0.377 e. The number of hydrogen-bond donors (Lipinski definition) is 0. The Morgan fingerprint density at radius 1 is 0.659 bits per heavy atom. The minimum atomic E-state index is 0.885. The molecule has 4 aromatic rings. The van der Waals surface area contributed by atoms with Crippen molar-refractivity contribution in [2.45, 2.75) is 67.0 Å². The second-order valence-electron chi connectivity index (χ2n) is 11.6. The fourth-order valence-corrected chi connectivity index (χ4v) is 6.35. The van der Waals surface area contributed by atoms with E-state index in [0.29, 0.717) is 0 Å². The Hall–Kier alpha value is -4.18. The molecule has 6 rings (SSSR count). The molecule has 4 nitrogen and oxygen atoms in total. The fourth-order valence-electron chi connectivity index (χ4n) is 6.35. The predicted molar refractivity (Wildman–Crippen MR) is 191 cm³/mol. The highest BCUT2D eigenvalue weighted by Gasteiger charge is 2.35. The van der Waals surface area contributed by atoms with Crippen LogP contribution in [0.5, 0.6) is 0 Å². The standard InChI is InChI=1S/C36H40N4.2C2H6/c1-26-20-31(18-19-34(26)37(2)3)38(4)24-27-14-16-28(17-15-27)25-40-33(22-30-11-7-9-13-36(30)40)23-32-21-29-10-6-8-12-35(29)39(32)5;2*1-2/h6-20H,21-25H2,1-5H3;2*1-2H3/q+2;;. The average Bonchev–Trinajstić information content (AvgIpc) is 3.56. The fraction of sp³-hybridized carbons (Fsp3) is 0.350. The molecule has 0 atom stereocenters. The lowest BCUT2D eigenvalue weighted by Gasteiger charge is -2.22. The lowest BCUT2D eigenvalue weighted by molar-refractivity contribution is -0.456. The summed E-state index contributed by atoms with van der Waals surface area (Å²) in [7, 11) is 8.60. The summed E-state index contributed by atoms with van der Waals surface area (Å²) >= 11 is 0. The first-order chi connectivity index (χ1) is 21.4. The zero-order valence-electron chi connectivity index (χ0n) is 28.5. The highest BCUT2D eigenvalue weighted by atomic mass is 15.1. The van der Waals surface area contributed by atoms with Crippen LogP contribution in [0.2, 0.25) is 0 Å². The van der Waals surface area contributed by atoms with Gasteiger partial charge in [-0.15, -0.1) is 0 Å². The maximum Gasteiger partial charge on any atom is 0.209 e. The Morgan fingerprint density at radius 2 is 1.23 bits per heavy atom. The first-order valence-corrected chi connectivity index (χ1v) is 16.3. The molecular formula is C40H52N4+2. The molecular weight excluding hydrogens is 536 g/mol. The highest BCUT2D eigenvalue weighted by molar-refractivity contribution is 6.05. The summed E-state index contributed by atoms with van der Waals surface area (Å²) in [6.45, 7) is 12.0. The summed E-state index contributed by atoms with van der Waals surface area (Å²) in [5.74, 6) is 0. The van der Waals surface area contributed by atoms with E-state index < -0.39 is 0 Å². The van der Waals surface area contributed by atoms with Crippen LogP contribution in [0.15, 0.2) is 91.0 Å². The van der Waals surface area contributed by atoms with Gasteiger partial charge in [-0.1, -0.05) is 88.4 Å². The first-order valence-electron chi connectivity index (χ1n) is 16.3. The van der Waals surface area contributed by atoms with Gasteiger partial charge in [-0.25, -0.2) is 4.58 Å². The van der Waals surface area contributed by atoms with Crippen LogP contribution in [0.1, 0.15) is 61.9 Å². The van der Waals surface area contributed by atoms with Gasteiger partial charge in [-0.2, -0.15) is 4.58 Å². The molecule has 0 aromatic heterocycles. The van der Waals surface area contributed by atoms with Gasteiger partial charge in [0.25, 0.3) is 0 Å². The molecule has 2 heterocycles. The third kappa shape index (κ3) is 7.13. The summed E-state index contributed by atoms with van der Waals surface area (Å²) in [6.07, 6.45) is 3.08. The van der Waals surface area contributed by atoms with E-state index >= 15 is 0 Å². The SMILES string of the molecule is CC.CC.Cc1cc(N(C)Cc2ccc(C[N+]3=C(CC4=[N+](C)c5ccccc5C4)Cc4ccccc43)cc2)ccc1N(C)C. The van der Waals surface area contributed by atoms with Crippen molar-refractivity contribution in [3.8, 4) is 0 Å². The molecule has 0 saturated heterocycles. The molecule has 0 saturated carbocycles. The van der Waals surface area contributed by atoms with Crippen LogP contribution in [0.3, 0.4) is 0 Å². The second kappa shape index (κ2) is 15.0. The van der Waals surface area contributed by atoms with Gasteiger partial charge >= 0.3 is 0 Å². The molecule has 0 unspecified atom stereocenters. The smallest absolute Gasteiger partial charge is 0.209 e. The van der Waals surface area contributed by atoms with Gasteiger partial charge in [0.1, 0.15) is 13.5 Å². The number of para-hydroxylation sites is 2. The van der Waals surface area contributed by atoms with Gasteiger partial charge in [-0.05, 0) is 36.2 Å². The molecule has 44 heavy (non-hydrogen) atoms. The number of anilines is 2. The van der Waals surface area contributed by atoms with E-state index in [9.17, 15) is 0 Å². The Bertz CT molecular complexity index is 1630. The zero-order valence-corrected chi connectivity index (χ0v) is 28.5. The van der Waals surface area contributed by atoms with Gasteiger partial charge in [0, 0.05) is 67.9 Å². The van der Waals surface area contributed by atoms with Gasteiger partial charge in [0.15, 0.2) is 18.0 Å². The molecule has 2 aliphatic heterocycles. The van der Waals surface area contributed by atoms with Crippen LogP contribution >= 0.6 is 0 Å². The van der Waals surface area contributed by atoms with Crippen molar-refractivity contribution in [1.29, 1.82) is 0 Å². The van der Waals surface area contributed by atoms with Gasteiger partial charge < -0.3 is 9.80 Å². The highest BCUT2D eigenvalue weighted by Crippen LogP contribution is 2.31. The van der Waals surface area contributed by atoms with Crippen molar-refractivity contribution in [3.63, 3.8) is 0 Å². The summed E-state index contributed by atoms with van der Waals surface area (Å²) in [5.41, 5.74) is 15.1. The Morgan fingerprint density at radius 3 is 1.84 bits per heavy atom. The maximum atomic E-state index is 2.56. The number of rotatable bonds is 8. The van der Waals surface area contributed by atoms with Crippen molar-refractivity contribution in [1.82, 2.24) is 0 Å². The molecule has 0 aliphatic carbocycles. The van der Waals surface area contributed by atoms with Crippen LogP contribution in [0.25, 0.3) is 0 Å². The van der Waals surface area contributed by atoms with E-state index in [4.69, 9.17) is 0 Å². The molecule has 0 bridgehead atoms. The normalized spacial score (nSPS) is 13.0. The van der Waals surface area contributed by atoms with E-state index in [1.54, 1.807) is 0 Å². The number of hydrogen-bond acceptors (Lipinski definition) is 2. The van der Waals surface area contributed by atoms with Crippen LogP contribution in [0.4, 0.5) is 22.7 Å². The molecule has 4 aromatic carbocycles. The van der Waals surface area contributed by atoms with Crippen LogP contribution in [-0.2, 0) is 25.9 Å². The molecule has 2 aliphatic rings. The van der Waals surface area contributed by atoms with E-state index in [1.807, 2.05) is 27.7 Å². The number of aryl methyl sites for hydroxylation is 1. The summed E-state index contributed by atoms with van der Waals surface area (Å²) < 4.78 is 4.97. The largest absolute Gasteiger partial charge is 0.377 e. The predicted octanol–water partition coefficient (Wildman–Crippen LogP) is 8.95. The van der Waals surface area contributed by atoms with Gasteiger partial charge in [-0.3, -0.25) is 0 Å². The quantitative estimate of drug-likeness (QED) is 0.191. The Kier molecular flexibility index (Phi) is 11.2. The summed E-state index contributed by atoms with van der Waals surface area (Å²) in [4.78, 5) is 4.50. The Labute approximate surface area is 266 Å². The Balaban J connectivity index is 0.00000106. The van der Waals surface area contributed by atoms with Crippen molar-refractivity contribution in [2.24, 2.45) is 0 Å². The van der Waals surface area contributed by atoms with Gasteiger partial charge in [0.2, 0.25) is 11.4 Å². The summed E-state index contributed by atoms with van der Waals surface area (Å²) in [5, 5.41) is 0. The van der Waals surface area contributed by atoms with E-state index in [0.717, 1.165) is 32.4 Å². The molecule has 0 amide bonds. The zero-order chi connectivity index (χ0) is 31.8. The van der Waals surface area contributed by atoms with Crippen molar-refractivity contribution in [3.05, 3.63) is 119 Å². The average molecular weight is 589 g/mol. The van der Waals surface area contributed by atoms with Crippen molar-refractivity contribution >= 4 is 34.2 Å². The van der Waals surface area contributed by atoms with E-state index in [-0.39, 0.29) is 0 Å². The van der Waals surface area contributed by atoms with E-state index in [1.165, 1.54) is 62.0 Å². The maximum absolute atomic E-state index is 2.56. The summed E-state index contributed by atoms with van der Waals surface area (Å²) in [6, 6.07) is 33.7. The third-order valence-corrected chi connectivity index (χ3v) is 8.57. The molecule has 230 valence electrons. The first kappa shape index (κ1) is 32.7. The van der Waals surface area contributed by atoms with Gasteiger partial charge in [0.05, 0.1) is 12.8 Å². The molecule has 4 heteroatoms. The van der Waals surface area contributed by atoms with Crippen LogP contribution < -0.4 is 9.80 Å². The lowest BCUT2D eigenvalue weighted by atomic mass is 10.0.